The van der Waals surface area contributed by atoms with Crippen LogP contribution in [0.2, 0.25) is 0 Å². The number of aromatic nitrogens is 2. The average molecular weight is 298 g/mol. The monoisotopic (exact) mass is 298 g/mol. The van der Waals surface area contributed by atoms with E-state index in [-0.39, 0.29) is 11.7 Å². The number of carbonyl (C=O) groups is 1. The quantitative estimate of drug-likeness (QED) is 0.494. The number of rotatable bonds is 3. The van der Waals surface area contributed by atoms with Crippen molar-refractivity contribution in [1.82, 2.24) is 9.55 Å². The van der Waals surface area contributed by atoms with E-state index in [1.54, 1.807) is 18.0 Å². The number of hydrogen-bond acceptors (Lipinski definition) is 4. The number of amides is 1. The molecule has 0 unspecified atom stereocenters. The van der Waals surface area contributed by atoms with Gasteiger partial charge in [0.2, 0.25) is 5.82 Å². The van der Waals surface area contributed by atoms with E-state index in [1.807, 2.05) is 31.2 Å². The Balaban J connectivity index is 2.12. The highest BCUT2D eigenvalue weighted by atomic mass is 16.6. The molecule has 112 valence electrons. The van der Waals surface area contributed by atoms with Gasteiger partial charge in [-0.3, -0.25) is 4.79 Å². The molecule has 2 aromatic rings. The maximum absolute atomic E-state index is 12.5. The van der Waals surface area contributed by atoms with Gasteiger partial charge in [0.15, 0.2) is 0 Å². The molecule has 0 spiro atoms. The first-order chi connectivity index (χ1) is 10.5. The molecule has 2 heterocycles. The Morgan fingerprint density at radius 3 is 2.73 bits per heavy atom. The molecule has 1 aromatic heterocycles. The van der Waals surface area contributed by atoms with Crippen LogP contribution in [-0.2, 0) is 11.8 Å². The van der Waals surface area contributed by atoms with E-state index in [0.717, 1.165) is 11.3 Å². The van der Waals surface area contributed by atoms with Crippen molar-refractivity contribution in [3.05, 3.63) is 52.0 Å². The van der Waals surface area contributed by atoms with Crippen LogP contribution >= 0.6 is 0 Å². The third-order valence-electron chi connectivity index (χ3n) is 3.74. The van der Waals surface area contributed by atoms with Crippen LogP contribution in [0.25, 0.3) is 11.6 Å². The second-order valence-electron chi connectivity index (χ2n) is 4.92. The van der Waals surface area contributed by atoms with Crippen molar-refractivity contribution in [2.75, 3.05) is 11.4 Å². The molecule has 22 heavy (non-hydrogen) atoms. The standard InChI is InChI=1S/C15H14N4O3/c1-3-18-12-7-5-4-6-10(12)11(15(18)20)8-13-16-9-14(17(13)2)19(21)22/h4-9H,3H2,1-2H3. The normalized spacial score (nSPS) is 15.5. The number of fused-ring (bicyclic) bond motifs is 1. The summed E-state index contributed by atoms with van der Waals surface area (Å²) in [5.74, 6) is 0.148. The third-order valence-corrected chi connectivity index (χ3v) is 3.74. The van der Waals surface area contributed by atoms with Gasteiger partial charge < -0.3 is 15.0 Å². The fourth-order valence-electron chi connectivity index (χ4n) is 2.61. The number of nitro groups is 1. The lowest BCUT2D eigenvalue weighted by Crippen LogP contribution is -2.25. The summed E-state index contributed by atoms with van der Waals surface area (Å²) in [6.07, 6.45) is 2.79. The van der Waals surface area contributed by atoms with Crippen molar-refractivity contribution >= 4 is 29.1 Å². The first-order valence-electron chi connectivity index (χ1n) is 6.83. The fraction of sp³-hybridized carbons (Fsp3) is 0.200. The van der Waals surface area contributed by atoms with Crippen molar-refractivity contribution in [1.29, 1.82) is 0 Å². The molecule has 0 saturated heterocycles. The average Bonchev–Trinajstić information content (AvgIpc) is 2.99. The zero-order valence-electron chi connectivity index (χ0n) is 12.2. The zero-order chi connectivity index (χ0) is 15.9. The molecule has 1 amide bonds. The number of anilines is 1. The summed E-state index contributed by atoms with van der Waals surface area (Å²) in [7, 11) is 1.56. The Labute approximate surface area is 126 Å². The molecule has 0 bridgehead atoms. The summed E-state index contributed by atoms with van der Waals surface area (Å²) in [6, 6.07) is 7.49. The van der Waals surface area contributed by atoms with Crippen LogP contribution in [-0.4, -0.2) is 26.9 Å². The van der Waals surface area contributed by atoms with E-state index in [2.05, 4.69) is 4.98 Å². The molecular formula is C15H14N4O3. The van der Waals surface area contributed by atoms with Crippen molar-refractivity contribution in [2.24, 2.45) is 7.05 Å². The van der Waals surface area contributed by atoms with Gasteiger partial charge in [-0.2, -0.15) is 0 Å². The van der Waals surface area contributed by atoms with Crippen LogP contribution in [0.15, 0.2) is 30.5 Å². The van der Waals surface area contributed by atoms with Crippen LogP contribution in [0, 0.1) is 10.1 Å². The highest BCUT2D eigenvalue weighted by Gasteiger charge is 2.31. The molecule has 0 N–H and O–H groups in total. The Kier molecular flexibility index (Phi) is 3.25. The van der Waals surface area contributed by atoms with Crippen molar-refractivity contribution < 1.29 is 9.72 Å². The van der Waals surface area contributed by atoms with Crippen molar-refractivity contribution in [3.8, 4) is 0 Å². The van der Waals surface area contributed by atoms with E-state index in [4.69, 9.17) is 0 Å². The lowest BCUT2D eigenvalue weighted by Gasteiger charge is -2.13. The van der Waals surface area contributed by atoms with Crippen LogP contribution < -0.4 is 4.90 Å². The minimum absolute atomic E-state index is 0.113. The number of nitrogens with zero attached hydrogens (tertiary/aromatic N) is 4. The molecule has 3 rings (SSSR count). The van der Waals surface area contributed by atoms with Gasteiger partial charge in [0.1, 0.15) is 6.20 Å². The number of carbonyl (C=O) groups excluding carboxylic acids is 1. The predicted octanol–water partition coefficient (Wildman–Crippen LogP) is 2.24. The molecule has 7 heteroatoms. The van der Waals surface area contributed by atoms with Gasteiger partial charge in [-0.1, -0.05) is 18.2 Å². The van der Waals surface area contributed by atoms with Crippen LogP contribution in [0.1, 0.15) is 18.3 Å². The van der Waals surface area contributed by atoms with E-state index < -0.39 is 4.92 Å². The maximum atomic E-state index is 12.5. The minimum Gasteiger partial charge on any atom is -0.358 e. The minimum atomic E-state index is -0.502. The molecule has 0 fully saturated rings. The van der Waals surface area contributed by atoms with Gasteiger partial charge in [0, 0.05) is 18.2 Å². The van der Waals surface area contributed by atoms with Crippen molar-refractivity contribution in [2.45, 2.75) is 6.92 Å². The van der Waals surface area contributed by atoms with Gasteiger partial charge in [0.05, 0.1) is 18.3 Å². The van der Waals surface area contributed by atoms with Gasteiger partial charge in [-0.05, 0) is 17.9 Å². The van der Waals surface area contributed by atoms with E-state index in [9.17, 15) is 14.9 Å². The summed E-state index contributed by atoms with van der Waals surface area (Å²) >= 11 is 0. The molecule has 0 saturated carbocycles. The molecule has 0 aliphatic carbocycles. The fourth-order valence-corrected chi connectivity index (χ4v) is 2.61. The molecule has 1 aliphatic rings. The van der Waals surface area contributed by atoms with Gasteiger partial charge in [-0.15, -0.1) is 0 Å². The number of likely N-dealkylation sites (N-methyl/N-ethyl adjacent to an activating group) is 1. The van der Waals surface area contributed by atoms with Crippen LogP contribution in [0.5, 0.6) is 0 Å². The van der Waals surface area contributed by atoms with Gasteiger partial charge >= 0.3 is 5.82 Å². The summed E-state index contributed by atoms with van der Waals surface area (Å²) in [5.41, 5.74) is 2.17. The van der Waals surface area contributed by atoms with Crippen molar-refractivity contribution in [3.63, 3.8) is 0 Å². The Hall–Kier alpha value is -2.96. The SMILES string of the molecule is CCN1C(=O)C(=Cc2ncc([N+](=O)[O-])n2C)c2ccccc21. The Morgan fingerprint density at radius 2 is 2.09 bits per heavy atom. The van der Waals surface area contributed by atoms with E-state index >= 15 is 0 Å². The molecule has 1 aliphatic heterocycles. The largest absolute Gasteiger partial charge is 0.358 e. The second-order valence-corrected chi connectivity index (χ2v) is 4.92. The van der Waals surface area contributed by atoms with E-state index in [0.29, 0.717) is 17.9 Å². The molecule has 1 aromatic carbocycles. The highest BCUT2D eigenvalue weighted by Crippen LogP contribution is 2.37. The summed E-state index contributed by atoms with van der Waals surface area (Å²) in [6.45, 7) is 2.47. The third kappa shape index (κ3) is 1.98. The Bertz CT molecular complexity index is 807. The predicted molar refractivity (Wildman–Crippen MR) is 82.2 cm³/mol. The summed E-state index contributed by atoms with van der Waals surface area (Å²) in [4.78, 5) is 28.6. The number of imidazole rings is 1. The topological polar surface area (TPSA) is 81.3 Å². The lowest BCUT2D eigenvalue weighted by atomic mass is 10.1. The molecule has 0 radical (unpaired) electrons. The number of benzene rings is 1. The second kappa shape index (κ2) is 5.10. The molecule has 7 nitrogen and oxygen atoms in total. The highest BCUT2D eigenvalue weighted by molar-refractivity contribution is 6.35. The van der Waals surface area contributed by atoms with E-state index in [1.165, 1.54) is 10.8 Å². The van der Waals surface area contributed by atoms with Gasteiger partial charge in [0.25, 0.3) is 5.91 Å². The first-order valence-corrected chi connectivity index (χ1v) is 6.83. The summed E-state index contributed by atoms with van der Waals surface area (Å²) < 4.78 is 1.36. The smallest absolute Gasteiger partial charge is 0.342 e. The maximum Gasteiger partial charge on any atom is 0.342 e. The number of hydrogen-bond donors (Lipinski definition) is 0. The van der Waals surface area contributed by atoms with Crippen LogP contribution in [0.4, 0.5) is 11.5 Å². The van der Waals surface area contributed by atoms with Gasteiger partial charge in [-0.25, -0.2) is 9.55 Å². The zero-order valence-corrected chi connectivity index (χ0v) is 12.2. The lowest BCUT2D eigenvalue weighted by molar-refractivity contribution is -0.391. The van der Waals surface area contributed by atoms with Crippen LogP contribution in [0.3, 0.4) is 0 Å². The molecular weight excluding hydrogens is 284 g/mol. The molecule has 0 atom stereocenters. The first kappa shape index (κ1) is 14.0. The Morgan fingerprint density at radius 1 is 1.36 bits per heavy atom. The summed E-state index contributed by atoms with van der Waals surface area (Å²) in [5, 5.41) is 10.9. The number of para-hydroxylation sites is 1.